The SMILES string of the molecule is CCCN1C(=O)C(Cc2ccccc2)NC(=O)C12CCN(CCCc1ccccc1)CC2. The van der Waals surface area contributed by atoms with Crippen molar-refractivity contribution in [3.05, 3.63) is 71.8 Å². The normalized spacial score (nSPS) is 21.0. The topological polar surface area (TPSA) is 52.7 Å². The summed E-state index contributed by atoms with van der Waals surface area (Å²) in [6, 6.07) is 20.1. The molecule has 4 rings (SSSR count). The molecule has 5 heteroatoms. The van der Waals surface area contributed by atoms with E-state index in [-0.39, 0.29) is 11.8 Å². The van der Waals surface area contributed by atoms with E-state index in [2.05, 4.69) is 47.5 Å². The van der Waals surface area contributed by atoms with Crippen molar-refractivity contribution in [3.63, 3.8) is 0 Å². The lowest BCUT2D eigenvalue weighted by Crippen LogP contribution is -2.73. The third-order valence-electron chi connectivity index (χ3n) is 7.00. The molecule has 2 amide bonds. The van der Waals surface area contributed by atoms with Gasteiger partial charge in [-0.05, 0) is 49.8 Å². The van der Waals surface area contributed by atoms with Crippen LogP contribution in [0.1, 0.15) is 43.7 Å². The average molecular weight is 434 g/mol. The molecule has 0 bridgehead atoms. The lowest BCUT2D eigenvalue weighted by Gasteiger charge is -2.51. The third-order valence-corrected chi connectivity index (χ3v) is 7.00. The Hall–Kier alpha value is -2.66. The molecule has 1 spiro atoms. The van der Waals surface area contributed by atoms with E-state index in [1.54, 1.807) is 0 Å². The number of benzene rings is 2. The molecule has 32 heavy (non-hydrogen) atoms. The summed E-state index contributed by atoms with van der Waals surface area (Å²) in [5.74, 6) is 0.114. The Kier molecular flexibility index (Phi) is 7.26. The first-order chi connectivity index (χ1) is 15.6. The van der Waals surface area contributed by atoms with E-state index < -0.39 is 11.6 Å². The molecule has 1 atom stereocenters. The predicted molar refractivity (Wildman–Crippen MR) is 127 cm³/mol. The Bertz CT molecular complexity index is 892. The van der Waals surface area contributed by atoms with Crippen LogP contribution in [0.2, 0.25) is 0 Å². The molecular weight excluding hydrogens is 398 g/mol. The molecule has 5 nitrogen and oxygen atoms in total. The van der Waals surface area contributed by atoms with E-state index >= 15 is 0 Å². The number of aryl methyl sites for hydroxylation is 1. The fourth-order valence-electron chi connectivity index (χ4n) is 5.21. The minimum absolute atomic E-state index is 0.0374. The van der Waals surface area contributed by atoms with Crippen LogP contribution in [0.5, 0.6) is 0 Å². The van der Waals surface area contributed by atoms with Gasteiger partial charge in [-0.1, -0.05) is 67.6 Å². The van der Waals surface area contributed by atoms with Gasteiger partial charge in [0.25, 0.3) is 0 Å². The summed E-state index contributed by atoms with van der Waals surface area (Å²) >= 11 is 0. The molecular formula is C27H35N3O2. The molecule has 2 aliphatic rings. The van der Waals surface area contributed by atoms with Gasteiger partial charge in [0.15, 0.2) is 0 Å². The smallest absolute Gasteiger partial charge is 0.246 e. The highest BCUT2D eigenvalue weighted by molar-refractivity contribution is 6.00. The van der Waals surface area contributed by atoms with Gasteiger partial charge >= 0.3 is 0 Å². The summed E-state index contributed by atoms with van der Waals surface area (Å²) in [7, 11) is 0. The monoisotopic (exact) mass is 433 g/mol. The number of nitrogens with zero attached hydrogens (tertiary/aromatic N) is 2. The summed E-state index contributed by atoms with van der Waals surface area (Å²) in [6.45, 7) is 5.48. The lowest BCUT2D eigenvalue weighted by molar-refractivity contribution is -0.161. The zero-order valence-electron chi connectivity index (χ0n) is 19.1. The highest BCUT2D eigenvalue weighted by Crippen LogP contribution is 2.33. The highest BCUT2D eigenvalue weighted by atomic mass is 16.2. The van der Waals surface area contributed by atoms with Crippen LogP contribution >= 0.6 is 0 Å². The maximum atomic E-state index is 13.4. The zero-order chi connectivity index (χ0) is 22.4. The molecule has 2 aromatic rings. The number of hydrogen-bond donors (Lipinski definition) is 1. The quantitative estimate of drug-likeness (QED) is 0.694. The maximum absolute atomic E-state index is 13.4. The van der Waals surface area contributed by atoms with Crippen molar-refractivity contribution in [2.45, 2.75) is 57.0 Å². The minimum atomic E-state index is -0.684. The number of carbonyl (C=O) groups is 2. The fourth-order valence-corrected chi connectivity index (χ4v) is 5.21. The van der Waals surface area contributed by atoms with Gasteiger partial charge in [0, 0.05) is 26.1 Å². The molecule has 0 aromatic heterocycles. The van der Waals surface area contributed by atoms with Gasteiger partial charge in [-0.25, -0.2) is 0 Å². The number of piperidine rings is 1. The second-order valence-electron chi connectivity index (χ2n) is 9.17. The van der Waals surface area contributed by atoms with Gasteiger partial charge in [0.05, 0.1) is 0 Å². The van der Waals surface area contributed by atoms with Crippen LogP contribution in [-0.4, -0.2) is 59.4 Å². The van der Waals surface area contributed by atoms with Crippen molar-refractivity contribution in [3.8, 4) is 0 Å². The Labute approximate surface area is 191 Å². The highest BCUT2D eigenvalue weighted by Gasteiger charge is 2.53. The van der Waals surface area contributed by atoms with E-state index in [9.17, 15) is 9.59 Å². The molecule has 2 heterocycles. The van der Waals surface area contributed by atoms with Crippen molar-refractivity contribution in [1.29, 1.82) is 0 Å². The van der Waals surface area contributed by atoms with Crippen molar-refractivity contribution in [2.24, 2.45) is 0 Å². The second-order valence-corrected chi connectivity index (χ2v) is 9.17. The molecule has 2 aromatic carbocycles. The van der Waals surface area contributed by atoms with Gasteiger partial charge in [-0.15, -0.1) is 0 Å². The minimum Gasteiger partial charge on any atom is -0.342 e. The van der Waals surface area contributed by atoms with Crippen molar-refractivity contribution in [2.75, 3.05) is 26.2 Å². The Morgan fingerprint density at radius 1 is 0.906 bits per heavy atom. The van der Waals surface area contributed by atoms with Gasteiger partial charge in [-0.2, -0.15) is 0 Å². The standard InChI is InChI=1S/C27H35N3O2/c1-2-17-30-25(31)24(21-23-12-7-4-8-13-23)28-26(32)27(30)15-19-29(20-16-27)18-9-14-22-10-5-3-6-11-22/h3-8,10-13,24H,2,9,14-21H2,1H3,(H,28,32). The van der Waals surface area contributed by atoms with Gasteiger partial charge in [0.2, 0.25) is 11.8 Å². The summed E-state index contributed by atoms with van der Waals surface area (Å²) < 4.78 is 0. The van der Waals surface area contributed by atoms with E-state index in [1.165, 1.54) is 5.56 Å². The van der Waals surface area contributed by atoms with Crippen LogP contribution in [0, 0.1) is 0 Å². The molecule has 170 valence electrons. The number of piperazine rings is 1. The largest absolute Gasteiger partial charge is 0.342 e. The van der Waals surface area contributed by atoms with Gasteiger partial charge < -0.3 is 15.1 Å². The summed E-state index contributed by atoms with van der Waals surface area (Å²) in [5, 5.41) is 3.09. The van der Waals surface area contributed by atoms with Crippen LogP contribution in [0.15, 0.2) is 60.7 Å². The fraction of sp³-hybridized carbons (Fsp3) is 0.481. The van der Waals surface area contributed by atoms with Crippen molar-refractivity contribution >= 4 is 11.8 Å². The van der Waals surface area contributed by atoms with E-state index in [0.717, 1.165) is 44.5 Å². The molecule has 2 saturated heterocycles. The number of nitrogens with one attached hydrogen (secondary N) is 1. The van der Waals surface area contributed by atoms with Crippen LogP contribution < -0.4 is 5.32 Å². The van der Waals surface area contributed by atoms with Gasteiger partial charge in [-0.3, -0.25) is 9.59 Å². The first-order valence-electron chi connectivity index (χ1n) is 12.0. The van der Waals surface area contributed by atoms with Crippen molar-refractivity contribution in [1.82, 2.24) is 15.1 Å². The maximum Gasteiger partial charge on any atom is 0.246 e. The molecule has 1 N–H and O–H groups in total. The number of likely N-dealkylation sites (tertiary alicyclic amines) is 1. The molecule has 0 aliphatic carbocycles. The number of carbonyl (C=O) groups excluding carboxylic acids is 2. The van der Waals surface area contributed by atoms with Crippen LogP contribution in [0.4, 0.5) is 0 Å². The molecule has 0 saturated carbocycles. The molecule has 0 radical (unpaired) electrons. The lowest BCUT2D eigenvalue weighted by atomic mass is 9.81. The molecule has 2 fully saturated rings. The molecule has 1 unspecified atom stereocenters. The third kappa shape index (κ3) is 4.88. The predicted octanol–water partition coefficient (Wildman–Crippen LogP) is 3.43. The first kappa shape index (κ1) is 22.5. The van der Waals surface area contributed by atoms with E-state index in [1.807, 2.05) is 35.2 Å². The van der Waals surface area contributed by atoms with E-state index in [4.69, 9.17) is 0 Å². The molecule has 2 aliphatic heterocycles. The number of rotatable bonds is 8. The average Bonchev–Trinajstić information content (AvgIpc) is 2.83. The van der Waals surface area contributed by atoms with Crippen molar-refractivity contribution < 1.29 is 9.59 Å². The Morgan fingerprint density at radius 2 is 1.53 bits per heavy atom. The second kappa shape index (κ2) is 10.3. The van der Waals surface area contributed by atoms with Crippen LogP contribution in [-0.2, 0) is 22.4 Å². The zero-order valence-corrected chi connectivity index (χ0v) is 19.1. The first-order valence-corrected chi connectivity index (χ1v) is 12.0. The number of amides is 2. The summed E-state index contributed by atoms with van der Waals surface area (Å²) in [4.78, 5) is 31.2. The number of hydrogen-bond acceptors (Lipinski definition) is 3. The summed E-state index contributed by atoms with van der Waals surface area (Å²) in [6.07, 6.45) is 5.03. The van der Waals surface area contributed by atoms with Crippen LogP contribution in [0.25, 0.3) is 0 Å². The van der Waals surface area contributed by atoms with E-state index in [0.29, 0.717) is 25.8 Å². The van der Waals surface area contributed by atoms with Gasteiger partial charge in [0.1, 0.15) is 11.6 Å². The summed E-state index contributed by atoms with van der Waals surface area (Å²) in [5.41, 5.74) is 1.76. The van der Waals surface area contributed by atoms with Crippen LogP contribution in [0.3, 0.4) is 0 Å². The Balaban J connectivity index is 1.37. The Morgan fingerprint density at radius 3 is 2.16 bits per heavy atom.